The minimum atomic E-state index is -0.507. The normalized spacial score (nSPS) is 12.7. The Balaban J connectivity index is 1.36. The lowest BCUT2D eigenvalue weighted by atomic mass is 10.1. The molecule has 0 fully saturated rings. The van der Waals surface area contributed by atoms with Crippen molar-refractivity contribution in [1.29, 1.82) is 0 Å². The molecule has 0 aliphatic carbocycles. The van der Waals surface area contributed by atoms with Crippen LogP contribution in [0.25, 0.3) is 11.0 Å². The lowest BCUT2D eigenvalue weighted by Crippen LogP contribution is -2.41. The fraction of sp³-hybridized carbons (Fsp3) is 0.148. The summed E-state index contributed by atoms with van der Waals surface area (Å²) in [5, 5.41) is 0.575. The molecule has 0 atom stereocenters. The summed E-state index contributed by atoms with van der Waals surface area (Å²) in [4.78, 5) is 49.5. The second-order valence-corrected chi connectivity index (χ2v) is 9.26. The Labute approximate surface area is 222 Å². The average Bonchev–Trinajstić information content (AvgIpc) is 3.13. The van der Waals surface area contributed by atoms with E-state index in [1.165, 1.54) is 11.9 Å². The third kappa shape index (κ3) is 4.50. The van der Waals surface area contributed by atoms with Gasteiger partial charge in [0.05, 0.1) is 33.0 Å². The maximum Gasteiger partial charge on any atom is 0.262 e. The van der Waals surface area contributed by atoms with Gasteiger partial charge in [0.15, 0.2) is 0 Å². The Morgan fingerprint density at radius 2 is 1.70 bits per heavy atom. The molecule has 186 valence electrons. The Bertz CT molecular complexity index is 1560. The second kappa shape index (κ2) is 9.80. The molecule has 37 heavy (non-hydrogen) atoms. The van der Waals surface area contributed by atoms with Gasteiger partial charge in [0.2, 0.25) is 5.91 Å². The molecule has 2 heterocycles. The lowest BCUT2D eigenvalue weighted by Gasteiger charge is -2.23. The summed E-state index contributed by atoms with van der Waals surface area (Å²) in [6.45, 7) is 1.43. The van der Waals surface area contributed by atoms with Crippen LogP contribution in [0.3, 0.4) is 0 Å². The van der Waals surface area contributed by atoms with Crippen LogP contribution >= 0.6 is 23.2 Å². The van der Waals surface area contributed by atoms with Crippen molar-refractivity contribution < 1.29 is 19.1 Å². The molecule has 1 aliphatic heterocycles. The van der Waals surface area contributed by atoms with Gasteiger partial charge in [0, 0.05) is 23.8 Å². The number of nitrogens with zero attached hydrogens (tertiary/aromatic N) is 4. The summed E-state index contributed by atoms with van der Waals surface area (Å²) in [5.74, 6) is -0.995. The molecule has 0 bridgehead atoms. The van der Waals surface area contributed by atoms with Crippen molar-refractivity contribution in [2.75, 3.05) is 18.5 Å². The topological polar surface area (TPSA) is 92.7 Å². The SMILES string of the molecule is Cc1cnc2cccc(OCc3c(Cl)ccc(N(C)C(=O)CN4C(=O)c5ccccc5C4=O)c3Cl)c2n1. The number of carbonyl (C=O) groups is 3. The molecular weight excluding hydrogens is 515 g/mol. The zero-order chi connectivity index (χ0) is 26.3. The van der Waals surface area contributed by atoms with Crippen LogP contribution in [0, 0.1) is 6.92 Å². The number of imide groups is 1. The van der Waals surface area contributed by atoms with E-state index >= 15 is 0 Å². The number of aromatic nitrogens is 2. The van der Waals surface area contributed by atoms with E-state index in [0.29, 0.717) is 33.1 Å². The first-order valence-corrected chi connectivity index (χ1v) is 12.1. The van der Waals surface area contributed by atoms with E-state index in [0.717, 1.165) is 10.6 Å². The smallest absolute Gasteiger partial charge is 0.262 e. The Kier molecular flexibility index (Phi) is 6.54. The molecule has 4 aromatic rings. The molecule has 0 spiro atoms. The third-order valence-electron chi connectivity index (χ3n) is 6.10. The van der Waals surface area contributed by atoms with Gasteiger partial charge in [-0.3, -0.25) is 24.3 Å². The van der Waals surface area contributed by atoms with Crippen LogP contribution in [-0.2, 0) is 11.4 Å². The monoisotopic (exact) mass is 534 g/mol. The minimum Gasteiger partial charge on any atom is -0.486 e. The predicted octanol–water partition coefficient (Wildman–Crippen LogP) is 5.08. The number of aryl methyl sites for hydroxylation is 1. The zero-order valence-electron chi connectivity index (χ0n) is 19.9. The number of fused-ring (bicyclic) bond motifs is 2. The summed E-state index contributed by atoms with van der Waals surface area (Å²) in [7, 11) is 1.52. The molecule has 1 aromatic heterocycles. The number of hydrogen-bond donors (Lipinski definition) is 0. The first-order valence-electron chi connectivity index (χ1n) is 11.3. The van der Waals surface area contributed by atoms with Gasteiger partial charge in [-0.05, 0) is 43.3 Å². The van der Waals surface area contributed by atoms with Crippen molar-refractivity contribution in [3.63, 3.8) is 0 Å². The molecular formula is C27H20Cl2N4O4. The molecule has 0 radical (unpaired) electrons. The van der Waals surface area contributed by atoms with Gasteiger partial charge >= 0.3 is 0 Å². The van der Waals surface area contributed by atoms with Crippen LogP contribution in [0.5, 0.6) is 5.75 Å². The number of ether oxygens (including phenoxy) is 1. The number of benzene rings is 3. The van der Waals surface area contributed by atoms with E-state index in [4.69, 9.17) is 27.9 Å². The molecule has 0 saturated carbocycles. The van der Waals surface area contributed by atoms with Crippen LogP contribution in [-0.4, -0.2) is 46.2 Å². The number of likely N-dealkylation sites (N-methyl/N-ethyl adjacent to an activating group) is 1. The number of rotatable bonds is 6. The molecule has 8 nitrogen and oxygen atoms in total. The largest absolute Gasteiger partial charge is 0.486 e. The quantitative estimate of drug-likeness (QED) is 0.320. The first kappa shape index (κ1) is 24.7. The van der Waals surface area contributed by atoms with Gasteiger partial charge in [0.1, 0.15) is 24.4 Å². The van der Waals surface area contributed by atoms with E-state index in [2.05, 4.69) is 9.97 Å². The summed E-state index contributed by atoms with van der Waals surface area (Å²) in [6, 6.07) is 15.1. The predicted molar refractivity (Wildman–Crippen MR) is 140 cm³/mol. The third-order valence-corrected chi connectivity index (χ3v) is 6.88. The number of anilines is 1. The highest BCUT2D eigenvalue weighted by molar-refractivity contribution is 6.38. The molecule has 1 aliphatic rings. The van der Waals surface area contributed by atoms with Crippen LogP contribution in [0.4, 0.5) is 5.69 Å². The molecule has 3 aromatic carbocycles. The summed E-state index contributed by atoms with van der Waals surface area (Å²) < 4.78 is 6.02. The van der Waals surface area contributed by atoms with E-state index in [1.54, 1.807) is 48.7 Å². The number of carbonyl (C=O) groups excluding carboxylic acids is 3. The van der Waals surface area contributed by atoms with Crippen molar-refractivity contribution in [3.8, 4) is 5.75 Å². The zero-order valence-corrected chi connectivity index (χ0v) is 21.4. The number of hydrogen-bond acceptors (Lipinski definition) is 6. The van der Waals surface area contributed by atoms with E-state index < -0.39 is 24.3 Å². The average molecular weight is 535 g/mol. The summed E-state index contributed by atoms with van der Waals surface area (Å²) in [5.41, 5.74) is 3.44. The van der Waals surface area contributed by atoms with E-state index in [1.807, 2.05) is 19.1 Å². The fourth-order valence-corrected chi connectivity index (χ4v) is 4.70. The van der Waals surface area contributed by atoms with Gasteiger partial charge in [-0.1, -0.05) is 41.4 Å². The number of amides is 3. The summed E-state index contributed by atoms with van der Waals surface area (Å²) >= 11 is 13.1. The highest BCUT2D eigenvalue weighted by Crippen LogP contribution is 2.35. The Morgan fingerprint density at radius 3 is 2.41 bits per heavy atom. The van der Waals surface area contributed by atoms with Crippen molar-refractivity contribution in [2.45, 2.75) is 13.5 Å². The van der Waals surface area contributed by atoms with Gasteiger partial charge < -0.3 is 9.64 Å². The molecule has 0 N–H and O–H groups in total. The Morgan fingerprint density at radius 1 is 1.00 bits per heavy atom. The van der Waals surface area contributed by atoms with Crippen LogP contribution in [0.15, 0.2) is 60.8 Å². The maximum absolute atomic E-state index is 13.1. The molecule has 0 unspecified atom stereocenters. The van der Waals surface area contributed by atoms with Gasteiger partial charge in [0.25, 0.3) is 11.8 Å². The Hall–Kier alpha value is -4.01. The number of halogens is 2. The van der Waals surface area contributed by atoms with Crippen LogP contribution in [0.1, 0.15) is 32.0 Å². The minimum absolute atomic E-state index is 0.0146. The van der Waals surface area contributed by atoms with Crippen molar-refractivity contribution in [2.24, 2.45) is 0 Å². The molecule has 10 heteroatoms. The van der Waals surface area contributed by atoms with Gasteiger partial charge in [-0.15, -0.1) is 0 Å². The van der Waals surface area contributed by atoms with Crippen LogP contribution in [0.2, 0.25) is 10.0 Å². The summed E-state index contributed by atoms with van der Waals surface area (Å²) in [6.07, 6.45) is 1.68. The number of para-hydroxylation sites is 1. The van der Waals surface area contributed by atoms with Gasteiger partial charge in [-0.2, -0.15) is 0 Å². The second-order valence-electron chi connectivity index (χ2n) is 8.48. The standard InChI is InChI=1S/C27H20Cl2N4O4/c1-15-12-30-20-8-5-9-22(25(20)31-15)37-14-18-19(28)10-11-21(24(18)29)32(2)23(34)13-33-26(35)16-6-3-4-7-17(16)27(33)36/h3-12H,13-14H2,1-2H3. The lowest BCUT2D eigenvalue weighted by molar-refractivity contribution is -0.118. The highest BCUT2D eigenvalue weighted by atomic mass is 35.5. The van der Waals surface area contributed by atoms with Crippen molar-refractivity contribution >= 4 is 57.6 Å². The molecule has 3 amide bonds. The molecule has 0 saturated heterocycles. The fourth-order valence-electron chi connectivity index (χ4n) is 4.10. The van der Waals surface area contributed by atoms with E-state index in [-0.39, 0.29) is 22.8 Å². The highest BCUT2D eigenvalue weighted by Gasteiger charge is 2.37. The van der Waals surface area contributed by atoms with Crippen LogP contribution < -0.4 is 9.64 Å². The molecule has 5 rings (SSSR count). The van der Waals surface area contributed by atoms with Crippen molar-refractivity contribution in [3.05, 3.63) is 93.2 Å². The maximum atomic E-state index is 13.1. The van der Waals surface area contributed by atoms with E-state index in [9.17, 15) is 14.4 Å². The first-order chi connectivity index (χ1) is 17.8. The van der Waals surface area contributed by atoms with Crippen molar-refractivity contribution in [1.82, 2.24) is 14.9 Å². The van der Waals surface area contributed by atoms with Gasteiger partial charge in [-0.25, -0.2) is 4.98 Å².